The number of aliphatic hydroxyl groups excluding tert-OH is 2. The van der Waals surface area contributed by atoms with Gasteiger partial charge in [0.25, 0.3) is 11.8 Å². The summed E-state index contributed by atoms with van der Waals surface area (Å²) >= 11 is 0. The molecule has 6 bridgehead atoms. The Morgan fingerprint density at radius 1 is 0.567 bits per heavy atom. The molecule has 3 aromatic carbocycles. The fourth-order valence-electron chi connectivity index (χ4n) is 15.9. The van der Waals surface area contributed by atoms with Crippen LogP contribution in [-0.4, -0.2) is 197 Å². The van der Waals surface area contributed by atoms with E-state index >= 15 is 0 Å². The van der Waals surface area contributed by atoms with E-state index in [9.17, 15) is 19.8 Å². The number of rotatable bonds is 14. The Hall–Kier alpha value is -11.3. The first kappa shape index (κ1) is 67.2. The van der Waals surface area contributed by atoms with Gasteiger partial charge >= 0.3 is 0 Å². The number of nitrogens with two attached hydrogens (primary N) is 1. The number of aliphatic hydroxyl groups is 2. The van der Waals surface area contributed by atoms with E-state index in [-0.39, 0.29) is 41.6 Å². The fraction of sp³-hybridized carbons (Fsp3) is 0.414. The molecule has 6 aliphatic rings. The zero-order valence-corrected chi connectivity index (χ0v) is 58.6. The molecule has 6 N–H and O–H groups in total. The van der Waals surface area contributed by atoms with Gasteiger partial charge in [-0.1, -0.05) is 88.0 Å². The minimum atomic E-state index is -0.762. The Balaban J connectivity index is 0.000000122. The number of piperidine rings is 3. The summed E-state index contributed by atoms with van der Waals surface area (Å²) in [5, 5.41) is 46.3. The summed E-state index contributed by atoms with van der Waals surface area (Å²) in [6.07, 6.45) is 10.7. The summed E-state index contributed by atoms with van der Waals surface area (Å²) in [5.74, 6) is 4.09. The van der Waals surface area contributed by atoms with E-state index in [2.05, 4.69) is 111 Å². The zero-order valence-electron chi connectivity index (χ0n) is 58.6. The van der Waals surface area contributed by atoms with Crippen LogP contribution in [0.4, 0.5) is 29.4 Å². The second kappa shape index (κ2) is 26.2. The predicted molar refractivity (Wildman–Crippen MR) is 381 cm³/mol. The second-order valence-corrected chi connectivity index (χ2v) is 27.1. The van der Waals surface area contributed by atoms with Crippen molar-refractivity contribution in [3.05, 3.63) is 152 Å². The van der Waals surface area contributed by atoms with Crippen LogP contribution < -0.4 is 26.2 Å². The van der Waals surface area contributed by atoms with E-state index in [1.54, 1.807) is 69.3 Å². The van der Waals surface area contributed by atoms with Crippen LogP contribution in [0.3, 0.4) is 0 Å². The predicted octanol–water partition coefficient (Wildman–Crippen LogP) is 6.34. The van der Waals surface area contributed by atoms with Crippen molar-refractivity contribution in [3.8, 4) is 0 Å². The van der Waals surface area contributed by atoms with Crippen LogP contribution in [-0.2, 0) is 28.3 Å². The molecular formula is C70H79N27O7. The number of anilines is 5. The third-order valence-electron chi connectivity index (χ3n) is 22.1. The molecule has 12 aromatic rings. The average molecular weight is 1410 g/mol. The van der Waals surface area contributed by atoms with Crippen molar-refractivity contribution in [2.75, 3.05) is 45.8 Å². The van der Waals surface area contributed by atoms with Gasteiger partial charge in [-0.15, -0.1) is 15.3 Å². The van der Waals surface area contributed by atoms with Gasteiger partial charge in [-0.25, -0.2) is 44.9 Å². The standard InChI is InChI=1S/C29H29N9O2.C24H27N9O3.C17H23N9O2/c1-4-29-14-15-36(19(3)38-22-13-9-8-12-21(22)34-35-38)24(18(29)2)28(40-29)37-17-32-23-25(30-16-31-26(23)37)33-27(39)20-10-6-5-7-11-20;1-4-24-10-11-32(23-28-14(2)31(3)30-23)17(18(24)34)22(36-24)33-13-27-16-19(25-12-26-20(16)33)29-21(35)15-8-6-5-7-9-15;1-4-17-5-6-25(16-22-9(2)24(3)23-16)11(12(17)27)15(28-17)26-8-21-10-13(18)19-7-20-14(10)26/h5-13,16-18,24,28H,3-4,14-15H2,1-2H3,(H,30,31,33,39);5-9,12-13,17-18,22,34H,4,10-11H2,1-3H3,(H,25,26,29,35);7-8,11-12,15,27H,4-6H2,1-3H3,(H2,18,19,20)/t18-,24+,28+,29-;17-,18+,22-,24+;11-,12+,15-,17+/m011/s1. The Kier molecular flexibility index (Phi) is 16.9. The molecule has 18 rings (SSSR count). The molecule has 104 heavy (non-hydrogen) atoms. The van der Waals surface area contributed by atoms with E-state index in [0.29, 0.717) is 113 Å². The van der Waals surface area contributed by atoms with Crippen molar-refractivity contribution in [2.24, 2.45) is 20.0 Å². The molecular weight excluding hydrogens is 1330 g/mol. The van der Waals surface area contributed by atoms with Crippen LogP contribution in [0.1, 0.15) is 117 Å². The Morgan fingerprint density at radius 2 is 1.00 bits per heavy atom. The maximum Gasteiger partial charge on any atom is 0.256 e. The van der Waals surface area contributed by atoms with Crippen molar-refractivity contribution in [1.29, 1.82) is 0 Å². The van der Waals surface area contributed by atoms with Gasteiger partial charge in [0.2, 0.25) is 11.9 Å². The molecule has 9 aromatic heterocycles. The van der Waals surface area contributed by atoms with E-state index < -0.39 is 41.9 Å². The molecule has 12 atom stereocenters. The van der Waals surface area contributed by atoms with Crippen LogP contribution in [0.2, 0.25) is 0 Å². The van der Waals surface area contributed by atoms with E-state index in [1.165, 1.54) is 19.0 Å². The summed E-state index contributed by atoms with van der Waals surface area (Å²) in [7, 11) is 3.70. The SMILES string of the molecule is C=C(N1CC[C@]2(CC)O[C@@H](n3cnc4c(NC(=O)c5ccccc5)ncnc43)[C@H]1[C@@H]2C)n1nnc2ccccc21.CC[C@@]12CCN(c3nc(C)n(C)n3)[C@@H]([C@H](n3cnc4c(N)ncnc43)O1)[C@@H]2O.CC[C@@]12CCN(c3nc(C)n(C)n3)[C@@H]([C@H](n3cnc4c(NC(=O)c5ccccc5)ncnc43)O1)[C@@H]2O. The van der Waals surface area contributed by atoms with Crippen LogP contribution in [0.5, 0.6) is 0 Å². The Bertz CT molecular complexity index is 5190. The van der Waals surface area contributed by atoms with Crippen LogP contribution in [0.25, 0.3) is 50.3 Å². The van der Waals surface area contributed by atoms with Crippen LogP contribution in [0.15, 0.2) is 129 Å². The van der Waals surface area contributed by atoms with E-state index in [1.807, 2.05) is 114 Å². The maximum absolute atomic E-state index is 12.9. The second-order valence-electron chi connectivity index (χ2n) is 27.1. The molecule has 6 fully saturated rings. The number of ether oxygens (including phenoxy) is 3. The van der Waals surface area contributed by atoms with Crippen molar-refractivity contribution in [2.45, 2.75) is 146 Å². The molecule has 0 spiro atoms. The first-order valence-corrected chi connectivity index (χ1v) is 34.8. The first-order valence-electron chi connectivity index (χ1n) is 34.8. The van der Waals surface area contributed by atoms with Gasteiger partial charge in [0.1, 0.15) is 83.0 Å². The quantitative estimate of drug-likeness (QED) is 0.0793. The number of nitrogens with zero attached hydrogens (tertiary/aromatic N) is 24. The van der Waals surface area contributed by atoms with Crippen molar-refractivity contribution >= 4 is 91.5 Å². The first-order chi connectivity index (χ1) is 50.4. The lowest BCUT2D eigenvalue weighted by Gasteiger charge is -2.44. The summed E-state index contributed by atoms with van der Waals surface area (Å²) in [6.45, 7) is 18.8. The maximum atomic E-state index is 12.9. The highest BCUT2D eigenvalue weighted by Crippen LogP contribution is 2.54. The number of benzene rings is 3. The highest BCUT2D eigenvalue weighted by atomic mass is 16.6. The smallest absolute Gasteiger partial charge is 0.256 e. The molecule has 0 aliphatic carbocycles. The summed E-state index contributed by atoms with van der Waals surface area (Å²) in [4.78, 5) is 80.5. The van der Waals surface area contributed by atoms with Gasteiger partial charge < -0.3 is 55.5 Å². The monoisotopic (exact) mass is 1410 g/mol. The largest absolute Gasteiger partial charge is 0.388 e. The van der Waals surface area contributed by atoms with Crippen molar-refractivity contribution in [3.63, 3.8) is 0 Å². The minimum absolute atomic E-state index is 0.0566. The van der Waals surface area contributed by atoms with Gasteiger partial charge in [0.15, 0.2) is 64.1 Å². The van der Waals surface area contributed by atoms with Gasteiger partial charge in [0, 0.05) is 50.8 Å². The molecule has 536 valence electrons. The van der Waals surface area contributed by atoms with Gasteiger partial charge in [0.05, 0.1) is 36.1 Å². The summed E-state index contributed by atoms with van der Waals surface area (Å²) in [5.41, 5.74) is 10.2. The number of fused-ring (bicyclic) bond motifs is 10. The lowest BCUT2D eigenvalue weighted by molar-refractivity contribution is -0.106. The third-order valence-corrected chi connectivity index (χ3v) is 22.1. The molecule has 0 saturated carbocycles. The fourth-order valence-corrected chi connectivity index (χ4v) is 15.9. The number of amides is 2. The number of imidazole rings is 3. The number of nitrogen functional groups attached to an aromatic ring is 1. The molecule has 2 amide bonds. The number of hydrogen-bond acceptors (Lipinski definition) is 26. The molecule has 0 unspecified atom stereocenters. The van der Waals surface area contributed by atoms with E-state index in [0.717, 1.165) is 47.9 Å². The van der Waals surface area contributed by atoms with Crippen LogP contribution in [0, 0.1) is 19.8 Å². The van der Waals surface area contributed by atoms with Gasteiger partial charge in [-0.05, 0) is 88.8 Å². The van der Waals surface area contributed by atoms with Gasteiger partial charge in [-0.3, -0.25) is 32.7 Å². The van der Waals surface area contributed by atoms with E-state index in [4.69, 9.17) is 19.9 Å². The number of nitrogens with one attached hydrogen (secondary N) is 2. The Morgan fingerprint density at radius 3 is 1.48 bits per heavy atom. The summed E-state index contributed by atoms with van der Waals surface area (Å²) < 4.78 is 30.8. The lowest BCUT2D eigenvalue weighted by Crippen LogP contribution is -2.57. The lowest BCUT2D eigenvalue weighted by atomic mass is 9.77. The zero-order chi connectivity index (χ0) is 72.1. The van der Waals surface area contributed by atoms with Crippen LogP contribution >= 0.6 is 0 Å². The summed E-state index contributed by atoms with van der Waals surface area (Å²) in [6, 6.07) is 24.9. The topological polar surface area (TPSA) is 385 Å². The number of para-hydroxylation sites is 1. The molecule has 6 aliphatic heterocycles. The number of likely N-dealkylation sites (tertiary alicyclic amines) is 1. The highest BCUT2D eigenvalue weighted by Gasteiger charge is 2.62. The average Bonchev–Trinajstić information content (AvgIpc) is 1.58. The molecule has 15 heterocycles. The number of carbonyl (C=O) groups is 2. The van der Waals surface area contributed by atoms with Crippen molar-refractivity contribution < 1.29 is 34.0 Å². The molecule has 6 saturated heterocycles. The third kappa shape index (κ3) is 11.0. The molecule has 34 heteroatoms. The number of aromatic nitrogens is 21. The molecule has 34 nitrogen and oxygen atoms in total. The Labute approximate surface area is 595 Å². The van der Waals surface area contributed by atoms with Gasteiger partial charge in [-0.2, -0.15) is 14.6 Å². The normalized spacial score (nSPS) is 26.1. The van der Waals surface area contributed by atoms with Crippen molar-refractivity contribution in [1.82, 2.24) is 108 Å². The number of carbonyl (C=O) groups excluding carboxylic acids is 2. The minimum Gasteiger partial charge on any atom is -0.388 e. The molecule has 0 radical (unpaired) electrons. The highest BCUT2D eigenvalue weighted by molar-refractivity contribution is 6.07. The number of hydrogen-bond donors (Lipinski definition) is 5. The number of aryl methyl sites for hydroxylation is 4.